The fourth-order valence-electron chi connectivity index (χ4n) is 1.42. The van der Waals surface area contributed by atoms with Gasteiger partial charge in [-0.05, 0) is 5.41 Å². The molecular formula is C8H20P+. The van der Waals surface area contributed by atoms with E-state index in [4.69, 9.17) is 0 Å². The van der Waals surface area contributed by atoms with E-state index in [2.05, 4.69) is 40.8 Å². The lowest BCUT2D eigenvalue weighted by molar-refractivity contribution is 0.476. The summed E-state index contributed by atoms with van der Waals surface area (Å²) < 4.78 is 0. The smallest absolute Gasteiger partial charge is 0.0567 e. The van der Waals surface area contributed by atoms with E-state index in [1.54, 1.807) is 0 Å². The van der Waals surface area contributed by atoms with Crippen molar-refractivity contribution in [3.05, 3.63) is 0 Å². The van der Waals surface area contributed by atoms with Crippen LogP contribution in [0.25, 0.3) is 0 Å². The van der Waals surface area contributed by atoms with Crippen LogP contribution in [0, 0.1) is 5.41 Å². The van der Waals surface area contributed by atoms with Gasteiger partial charge in [0.2, 0.25) is 0 Å². The predicted octanol–water partition coefficient (Wildman–Crippen LogP) is 2.94. The summed E-state index contributed by atoms with van der Waals surface area (Å²) in [5, 5.41) is 0. The molecule has 0 saturated heterocycles. The van der Waals surface area contributed by atoms with E-state index in [9.17, 15) is 0 Å². The standard InChI is InChI=1S/C8H20P/c1-8(2,3)7-9(4,5)6/h7H2,1-6H3/q+1. The zero-order valence-corrected chi connectivity index (χ0v) is 8.55. The molecule has 0 aromatic carbocycles. The van der Waals surface area contributed by atoms with E-state index in [1.807, 2.05) is 0 Å². The van der Waals surface area contributed by atoms with Crippen LogP contribution in [0.2, 0.25) is 0 Å². The fourth-order valence-corrected chi connectivity index (χ4v) is 4.27. The Kier molecular flexibility index (Phi) is 2.70. The van der Waals surface area contributed by atoms with Crippen LogP contribution < -0.4 is 0 Å². The summed E-state index contributed by atoms with van der Waals surface area (Å²) in [4.78, 5) is 0. The lowest BCUT2D eigenvalue weighted by Gasteiger charge is -2.22. The van der Waals surface area contributed by atoms with Crippen LogP contribution in [0.4, 0.5) is 0 Å². The van der Waals surface area contributed by atoms with Crippen molar-refractivity contribution in [1.29, 1.82) is 0 Å². The van der Waals surface area contributed by atoms with E-state index in [-0.39, 0.29) is 0 Å². The zero-order chi connectivity index (χ0) is 7.71. The molecule has 0 spiro atoms. The summed E-state index contributed by atoms with van der Waals surface area (Å²) in [7, 11) is -0.537. The molecule has 0 amide bonds. The average Bonchev–Trinajstić information content (AvgIpc) is 1.14. The van der Waals surface area contributed by atoms with Crippen molar-refractivity contribution in [3.63, 3.8) is 0 Å². The van der Waals surface area contributed by atoms with Crippen LogP contribution >= 0.6 is 7.26 Å². The Labute approximate surface area is 60.4 Å². The van der Waals surface area contributed by atoms with Crippen molar-refractivity contribution in [2.45, 2.75) is 20.8 Å². The molecule has 0 atom stereocenters. The van der Waals surface area contributed by atoms with Gasteiger partial charge in [0.15, 0.2) is 0 Å². The molecule has 0 aromatic heterocycles. The Morgan fingerprint density at radius 3 is 1.33 bits per heavy atom. The Morgan fingerprint density at radius 2 is 1.33 bits per heavy atom. The molecule has 0 unspecified atom stereocenters. The fraction of sp³-hybridized carbons (Fsp3) is 1.00. The Bertz CT molecular complexity index is 69.7. The molecule has 56 valence electrons. The van der Waals surface area contributed by atoms with Gasteiger partial charge in [0, 0.05) is 27.3 Å². The van der Waals surface area contributed by atoms with E-state index in [1.165, 1.54) is 6.16 Å². The molecule has 0 saturated carbocycles. The van der Waals surface area contributed by atoms with Crippen LogP contribution in [0.1, 0.15) is 20.8 Å². The minimum atomic E-state index is -0.537. The summed E-state index contributed by atoms with van der Waals surface area (Å²) in [6, 6.07) is 0. The van der Waals surface area contributed by atoms with Gasteiger partial charge in [-0.2, -0.15) is 0 Å². The summed E-state index contributed by atoms with van der Waals surface area (Å²) in [6.07, 6.45) is 1.40. The third-order valence-electron chi connectivity index (χ3n) is 0.949. The first-order valence-corrected chi connectivity index (χ1v) is 6.83. The molecule has 0 aliphatic rings. The largest absolute Gasteiger partial charge is 0.0634 e. The summed E-state index contributed by atoms with van der Waals surface area (Å²) in [5.41, 5.74) is 0.534. The van der Waals surface area contributed by atoms with Crippen molar-refractivity contribution in [2.75, 3.05) is 26.2 Å². The summed E-state index contributed by atoms with van der Waals surface area (Å²) in [6.45, 7) is 14.2. The molecule has 0 N–H and O–H groups in total. The van der Waals surface area contributed by atoms with Crippen molar-refractivity contribution in [1.82, 2.24) is 0 Å². The molecule has 0 rings (SSSR count). The first-order valence-electron chi connectivity index (χ1n) is 3.51. The molecule has 0 aliphatic carbocycles. The highest BCUT2D eigenvalue weighted by Crippen LogP contribution is 2.50. The van der Waals surface area contributed by atoms with E-state index in [0.717, 1.165) is 0 Å². The lowest BCUT2D eigenvalue weighted by atomic mass is 10.0. The van der Waals surface area contributed by atoms with Crippen molar-refractivity contribution >= 4 is 7.26 Å². The third-order valence-corrected chi connectivity index (χ3v) is 2.85. The average molecular weight is 147 g/mol. The molecular weight excluding hydrogens is 127 g/mol. The maximum atomic E-state index is 2.40. The van der Waals surface area contributed by atoms with Crippen LogP contribution in [0.15, 0.2) is 0 Å². The van der Waals surface area contributed by atoms with E-state index in [0.29, 0.717) is 5.41 Å². The van der Waals surface area contributed by atoms with Crippen LogP contribution in [-0.2, 0) is 0 Å². The SMILES string of the molecule is CC(C)(C)C[P+](C)(C)C. The second-order valence-corrected chi connectivity index (χ2v) is 9.91. The van der Waals surface area contributed by atoms with Gasteiger partial charge >= 0.3 is 0 Å². The summed E-state index contributed by atoms with van der Waals surface area (Å²) in [5.74, 6) is 0. The van der Waals surface area contributed by atoms with Crippen molar-refractivity contribution < 1.29 is 0 Å². The number of hydrogen-bond donors (Lipinski definition) is 0. The van der Waals surface area contributed by atoms with Crippen LogP contribution in [0.3, 0.4) is 0 Å². The van der Waals surface area contributed by atoms with Crippen molar-refractivity contribution in [2.24, 2.45) is 5.41 Å². The maximum absolute atomic E-state index is 2.40. The zero-order valence-electron chi connectivity index (χ0n) is 7.65. The quantitative estimate of drug-likeness (QED) is 0.500. The van der Waals surface area contributed by atoms with Gasteiger partial charge in [0.05, 0.1) is 6.16 Å². The van der Waals surface area contributed by atoms with Gasteiger partial charge in [-0.15, -0.1) is 0 Å². The molecule has 1 heteroatoms. The minimum Gasteiger partial charge on any atom is -0.0567 e. The maximum Gasteiger partial charge on any atom is 0.0634 e. The highest BCUT2D eigenvalue weighted by atomic mass is 31.2. The highest BCUT2D eigenvalue weighted by Gasteiger charge is 2.25. The molecule has 0 radical (unpaired) electrons. The molecule has 0 aliphatic heterocycles. The lowest BCUT2D eigenvalue weighted by Crippen LogP contribution is -2.13. The van der Waals surface area contributed by atoms with Gasteiger partial charge in [-0.1, -0.05) is 20.8 Å². The molecule has 9 heavy (non-hydrogen) atoms. The van der Waals surface area contributed by atoms with Gasteiger partial charge < -0.3 is 0 Å². The van der Waals surface area contributed by atoms with Gasteiger partial charge in [0.1, 0.15) is 0 Å². The molecule has 0 aromatic rings. The van der Waals surface area contributed by atoms with Crippen LogP contribution in [-0.4, -0.2) is 26.2 Å². The van der Waals surface area contributed by atoms with Gasteiger partial charge in [-0.3, -0.25) is 0 Å². The highest BCUT2D eigenvalue weighted by molar-refractivity contribution is 7.73. The Balaban J connectivity index is 3.75. The monoisotopic (exact) mass is 147 g/mol. The second kappa shape index (κ2) is 2.58. The minimum absolute atomic E-state index is 0.534. The van der Waals surface area contributed by atoms with Crippen LogP contribution in [0.5, 0.6) is 0 Å². The van der Waals surface area contributed by atoms with E-state index >= 15 is 0 Å². The molecule has 0 fully saturated rings. The summed E-state index contributed by atoms with van der Waals surface area (Å²) >= 11 is 0. The second-order valence-electron chi connectivity index (χ2n) is 5.01. The first kappa shape index (κ1) is 9.43. The Hall–Kier alpha value is 0.430. The third kappa shape index (κ3) is 8.43. The first-order chi connectivity index (χ1) is 3.71. The van der Waals surface area contributed by atoms with E-state index < -0.39 is 7.26 Å². The van der Waals surface area contributed by atoms with Gasteiger partial charge in [-0.25, -0.2) is 0 Å². The normalized spacial score (nSPS) is 14.0. The van der Waals surface area contributed by atoms with Crippen molar-refractivity contribution in [3.8, 4) is 0 Å². The molecule has 0 heterocycles. The number of hydrogen-bond acceptors (Lipinski definition) is 0. The molecule has 0 nitrogen and oxygen atoms in total. The van der Waals surface area contributed by atoms with Gasteiger partial charge in [0.25, 0.3) is 0 Å². The predicted molar refractivity (Wildman–Crippen MR) is 49.0 cm³/mol. The molecule has 0 bridgehead atoms. The number of rotatable bonds is 1. The Morgan fingerprint density at radius 1 is 1.00 bits per heavy atom. The topological polar surface area (TPSA) is 0 Å².